The summed E-state index contributed by atoms with van der Waals surface area (Å²) in [4.78, 5) is 11.8. The second kappa shape index (κ2) is 6.40. The fourth-order valence-electron chi connectivity index (χ4n) is 1.91. The number of anilines is 1. The van der Waals surface area contributed by atoms with Crippen LogP contribution in [0, 0.1) is 23.3 Å². The second-order valence-corrected chi connectivity index (χ2v) is 5.10. The lowest BCUT2D eigenvalue weighted by molar-refractivity contribution is -0.118. The number of carbonyl (C=O) groups is 1. The maximum Gasteiger partial charge on any atom is 0.262 e. The van der Waals surface area contributed by atoms with E-state index in [0.29, 0.717) is 16.7 Å². The molecule has 0 aliphatic heterocycles. The Labute approximate surface area is 136 Å². The van der Waals surface area contributed by atoms with Gasteiger partial charge in [-0.15, -0.1) is 0 Å². The molecule has 24 heavy (non-hydrogen) atoms. The molecule has 0 radical (unpaired) electrons. The van der Waals surface area contributed by atoms with Crippen LogP contribution in [0.15, 0.2) is 24.3 Å². The zero-order valence-corrected chi connectivity index (χ0v) is 12.5. The van der Waals surface area contributed by atoms with Crippen molar-refractivity contribution >= 4 is 34.4 Å². The van der Waals surface area contributed by atoms with Gasteiger partial charge < -0.3 is 10.1 Å². The van der Waals surface area contributed by atoms with Crippen molar-refractivity contribution < 1.29 is 27.1 Å². The molecule has 1 N–H and O–H groups in total. The SMILES string of the molecule is O=C(COc1c(F)c(F)cc(F)c1F)Nc1cccc2nsnc12. The molecule has 1 heterocycles. The minimum Gasteiger partial charge on any atom is -0.477 e. The van der Waals surface area contributed by atoms with Gasteiger partial charge in [-0.3, -0.25) is 4.79 Å². The predicted molar refractivity (Wildman–Crippen MR) is 77.8 cm³/mol. The van der Waals surface area contributed by atoms with Crippen LogP contribution in [0.1, 0.15) is 0 Å². The first-order chi connectivity index (χ1) is 11.5. The van der Waals surface area contributed by atoms with E-state index in [2.05, 4.69) is 18.8 Å². The highest BCUT2D eigenvalue weighted by Gasteiger charge is 2.21. The van der Waals surface area contributed by atoms with Gasteiger partial charge in [0.1, 0.15) is 11.0 Å². The third-order valence-electron chi connectivity index (χ3n) is 2.98. The van der Waals surface area contributed by atoms with E-state index in [1.165, 1.54) is 0 Å². The van der Waals surface area contributed by atoms with Gasteiger partial charge in [-0.1, -0.05) is 6.07 Å². The Morgan fingerprint density at radius 3 is 2.54 bits per heavy atom. The van der Waals surface area contributed by atoms with Crippen LogP contribution in [-0.4, -0.2) is 21.3 Å². The quantitative estimate of drug-likeness (QED) is 0.575. The van der Waals surface area contributed by atoms with E-state index in [1.807, 2.05) is 0 Å². The smallest absolute Gasteiger partial charge is 0.262 e. The summed E-state index contributed by atoms with van der Waals surface area (Å²) in [5, 5.41) is 2.42. The number of fused-ring (bicyclic) bond motifs is 1. The maximum atomic E-state index is 13.4. The number of nitrogens with one attached hydrogen (secondary N) is 1. The summed E-state index contributed by atoms with van der Waals surface area (Å²) in [6.45, 7) is -0.856. The van der Waals surface area contributed by atoms with Crippen molar-refractivity contribution in [2.24, 2.45) is 0 Å². The summed E-state index contributed by atoms with van der Waals surface area (Å²) in [5.74, 6) is -8.76. The van der Waals surface area contributed by atoms with Crippen molar-refractivity contribution in [3.8, 4) is 5.75 Å². The normalized spacial score (nSPS) is 10.8. The Hall–Kier alpha value is -2.75. The van der Waals surface area contributed by atoms with Crippen LogP contribution in [0.2, 0.25) is 0 Å². The van der Waals surface area contributed by atoms with Crippen LogP contribution >= 0.6 is 11.7 Å². The maximum absolute atomic E-state index is 13.4. The molecular formula is C14H7F4N3O2S. The number of amides is 1. The third kappa shape index (κ3) is 3.00. The summed E-state index contributed by atoms with van der Waals surface area (Å²) in [7, 11) is 0. The summed E-state index contributed by atoms with van der Waals surface area (Å²) >= 11 is 0.946. The molecule has 0 fully saturated rings. The van der Waals surface area contributed by atoms with E-state index in [9.17, 15) is 22.4 Å². The average Bonchev–Trinajstić information content (AvgIpc) is 3.03. The first kappa shape index (κ1) is 16.1. The van der Waals surface area contributed by atoms with Gasteiger partial charge >= 0.3 is 0 Å². The molecule has 3 aromatic rings. The van der Waals surface area contributed by atoms with Crippen molar-refractivity contribution in [1.29, 1.82) is 0 Å². The number of halogens is 4. The molecule has 2 aromatic carbocycles. The number of benzene rings is 2. The van der Waals surface area contributed by atoms with Gasteiger partial charge in [0.15, 0.2) is 24.0 Å². The van der Waals surface area contributed by atoms with E-state index >= 15 is 0 Å². The molecule has 0 spiro atoms. The summed E-state index contributed by atoms with van der Waals surface area (Å²) in [5.41, 5.74) is 1.31. The minimum atomic E-state index is -1.72. The molecule has 0 unspecified atom stereocenters. The summed E-state index contributed by atoms with van der Waals surface area (Å²) in [6, 6.07) is 4.91. The molecule has 3 rings (SSSR count). The Kier molecular flexibility index (Phi) is 4.30. The highest BCUT2D eigenvalue weighted by Crippen LogP contribution is 2.26. The molecule has 1 aromatic heterocycles. The van der Waals surface area contributed by atoms with Crippen LogP contribution in [0.4, 0.5) is 23.2 Å². The van der Waals surface area contributed by atoms with Crippen molar-refractivity contribution in [3.63, 3.8) is 0 Å². The van der Waals surface area contributed by atoms with Crippen molar-refractivity contribution in [2.75, 3.05) is 11.9 Å². The van der Waals surface area contributed by atoms with Gasteiger partial charge in [0.2, 0.25) is 11.6 Å². The first-order valence-electron chi connectivity index (χ1n) is 6.44. The second-order valence-electron chi connectivity index (χ2n) is 4.57. The third-order valence-corrected chi connectivity index (χ3v) is 3.52. The van der Waals surface area contributed by atoms with Gasteiger partial charge in [0.25, 0.3) is 5.91 Å². The van der Waals surface area contributed by atoms with Gasteiger partial charge in [0.05, 0.1) is 17.4 Å². The molecular weight excluding hydrogens is 350 g/mol. The number of ether oxygens (including phenoxy) is 1. The number of rotatable bonds is 4. The number of carbonyl (C=O) groups excluding carboxylic acids is 1. The molecule has 0 atom stereocenters. The average molecular weight is 357 g/mol. The fraction of sp³-hybridized carbons (Fsp3) is 0.0714. The molecule has 0 aliphatic rings. The monoisotopic (exact) mass is 357 g/mol. The topological polar surface area (TPSA) is 64.1 Å². The Balaban J connectivity index is 1.74. The molecule has 5 nitrogen and oxygen atoms in total. The van der Waals surface area contributed by atoms with Crippen LogP contribution in [-0.2, 0) is 4.79 Å². The minimum absolute atomic E-state index is 0.0491. The van der Waals surface area contributed by atoms with Crippen LogP contribution < -0.4 is 10.1 Å². The largest absolute Gasteiger partial charge is 0.477 e. The zero-order chi connectivity index (χ0) is 17.3. The van der Waals surface area contributed by atoms with Gasteiger partial charge in [-0.25, -0.2) is 8.78 Å². The van der Waals surface area contributed by atoms with Gasteiger partial charge in [0, 0.05) is 6.07 Å². The molecule has 1 amide bonds. The Bertz CT molecular complexity index is 906. The lowest BCUT2D eigenvalue weighted by Crippen LogP contribution is -2.21. The number of aromatic nitrogens is 2. The lowest BCUT2D eigenvalue weighted by atomic mass is 10.2. The van der Waals surface area contributed by atoms with Crippen molar-refractivity contribution in [1.82, 2.24) is 8.75 Å². The van der Waals surface area contributed by atoms with E-state index in [4.69, 9.17) is 0 Å². The molecule has 0 bridgehead atoms. The van der Waals surface area contributed by atoms with E-state index < -0.39 is 41.5 Å². The number of nitrogens with zero attached hydrogens (tertiary/aromatic N) is 2. The van der Waals surface area contributed by atoms with Gasteiger partial charge in [-0.05, 0) is 12.1 Å². The van der Waals surface area contributed by atoms with Crippen LogP contribution in [0.25, 0.3) is 11.0 Å². The molecule has 10 heteroatoms. The molecule has 0 saturated carbocycles. The Morgan fingerprint density at radius 1 is 1.12 bits per heavy atom. The summed E-state index contributed by atoms with van der Waals surface area (Å²) < 4.78 is 65.5. The van der Waals surface area contributed by atoms with Crippen LogP contribution in [0.3, 0.4) is 0 Å². The van der Waals surface area contributed by atoms with Gasteiger partial charge in [-0.2, -0.15) is 17.5 Å². The highest BCUT2D eigenvalue weighted by atomic mass is 32.1. The van der Waals surface area contributed by atoms with Crippen LogP contribution in [0.5, 0.6) is 5.75 Å². The first-order valence-corrected chi connectivity index (χ1v) is 7.17. The van der Waals surface area contributed by atoms with Crippen molar-refractivity contribution in [2.45, 2.75) is 0 Å². The van der Waals surface area contributed by atoms with E-state index in [0.717, 1.165) is 11.7 Å². The predicted octanol–water partition coefficient (Wildman–Crippen LogP) is 3.27. The molecule has 124 valence electrons. The number of hydrogen-bond acceptors (Lipinski definition) is 5. The van der Waals surface area contributed by atoms with E-state index in [-0.39, 0.29) is 6.07 Å². The van der Waals surface area contributed by atoms with Crippen molar-refractivity contribution in [3.05, 3.63) is 47.5 Å². The lowest BCUT2D eigenvalue weighted by Gasteiger charge is -2.10. The highest BCUT2D eigenvalue weighted by molar-refractivity contribution is 7.00. The molecule has 0 aliphatic carbocycles. The standard InChI is InChI=1S/C14H7F4N3O2S/c15-6-4-7(16)12(18)14(11(6)17)23-5-10(22)19-8-2-1-3-9-13(8)21-24-20-9/h1-4H,5H2,(H,19,22). The fourth-order valence-corrected chi connectivity index (χ4v) is 2.46. The summed E-state index contributed by atoms with van der Waals surface area (Å²) in [6.07, 6.45) is 0. The zero-order valence-electron chi connectivity index (χ0n) is 11.6. The number of hydrogen-bond donors (Lipinski definition) is 1. The van der Waals surface area contributed by atoms with E-state index in [1.54, 1.807) is 18.2 Å². The molecule has 0 saturated heterocycles. The Morgan fingerprint density at radius 2 is 1.83 bits per heavy atom.